The van der Waals surface area contributed by atoms with Gasteiger partial charge in [-0.15, -0.1) is 0 Å². The number of ether oxygens (including phenoxy) is 3. The fraction of sp³-hybridized carbons (Fsp3) is 0.706. The third-order valence-corrected chi connectivity index (χ3v) is 4.73. The molecule has 1 aromatic rings. The highest BCUT2D eigenvalue weighted by atomic mass is 35.5. The number of halogens is 1. The van der Waals surface area contributed by atoms with Gasteiger partial charge in [0.05, 0.1) is 13.2 Å². The number of anilines is 1. The van der Waals surface area contributed by atoms with E-state index in [1.165, 1.54) is 7.11 Å². The zero-order chi connectivity index (χ0) is 17.9. The van der Waals surface area contributed by atoms with E-state index in [2.05, 4.69) is 21.8 Å². The lowest BCUT2D eigenvalue weighted by molar-refractivity contribution is -0.151. The first-order valence-corrected chi connectivity index (χ1v) is 9.12. The molecule has 138 valence electrons. The summed E-state index contributed by atoms with van der Waals surface area (Å²) in [5, 5.41) is 0.296. The third kappa shape index (κ3) is 4.33. The molecule has 2 aliphatic rings. The van der Waals surface area contributed by atoms with Crippen molar-refractivity contribution in [2.24, 2.45) is 0 Å². The lowest BCUT2D eigenvalue weighted by atomic mass is 10.1. The van der Waals surface area contributed by atoms with Crippen molar-refractivity contribution in [3.63, 3.8) is 0 Å². The van der Waals surface area contributed by atoms with Gasteiger partial charge in [0.1, 0.15) is 11.0 Å². The average Bonchev–Trinajstić information content (AvgIpc) is 3.39. The molecule has 0 unspecified atom stereocenters. The molecule has 1 aliphatic heterocycles. The van der Waals surface area contributed by atoms with Gasteiger partial charge in [-0.25, -0.2) is 4.79 Å². The molecule has 0 aromatic carbocycles. The van der Waals surface area contributed by atoms with Crippen molar-refractivity contribution in [1.82, 2.24) is 9.97 Å². The highest BCUT2D eigenvalue weighted by Gasteiger charge is 2.55. The molecule has 0 N–H and O–H groups in total. The van der Waals surface area contributed by atoms with Crippen molar-refractivity contribution < 1.29 is 19.0 Å². The minimum absolute atomic E-state index is 0.120. The molecule has 1 aromatic heterocycles. The van der Waals surface area contributed by atoms with Crippen molar-refractivity contribution in [3.05, 3.63) is 11.2 Å². The van der Waals surface area contributed by atoms with Gasteiger partial charge in [-0.3, -0.25) is 0 Å². The largest absolute Gasteiger partial charge is 0.466 e. The first-order chi connectivity index (χ1) is 12.1. The van der Waals surface area contributed by atoms with E-state index in [-0.39, 0.29) is 6.01 Å². The Bertz CT molecular complexity index is 616. The number of piperidine rings is 1. The van der Waals surface area contributed by atoms with E-state index in [4.69, 9.17) is 25.8 Å². The van der Waals surface area contributed by atoms with E-state index in [1.807, 2.05) is 0 Å². The lowest BCUT2D eigenvalue weighted by Crippen LogP contribution is -2.38. The van der Waals surface area contributed by atoms with Crippen LogP contribution in [-0.2, 0) is 14.3 Å². The summed E-state index contributed by atoms with van der Waals surface area (Å²) in [7, 11) is 1.35. The summed E-state index contributed by atoms with van der Waals surface area (Å²) in [6, 6.07) is 1.84. The molecule has 0 amide bonds. The third-order valence-electron chi connectivity index (χ3n) is 4.53. The highest BCUT2D eigenvalue weighted by molar-refractivity contribution is 6.29. The van der Waals surface area contributed by atoms with Crippen LogP contribution in [0.4, 0.5) is 5.82 Å². The van der Waals surface area contributed by atoms with Gasteiger partial charge < -0.3 is 19.1 Å². The summed E-state index contributed by atoms with van der Waals surface area (Å²) in [5.74, 6) is 0.316. The van der Waals surface area contributed by atoms with Crippen LogP contribution >= 0.6 is 11.6 Å². The Kier molecular flexibility index (Phi) is 5.64. The minimum Gasteiger partial charge on any atom is -0.466 e. The number of methoxy groups -OCH3 is 1. The molecule has 0 bridgehead atoms. The molecular weight excluding hydrogens is 346 g/mol. The van der Waals surface area contributed by atoms with Crippen LogP contribution in [0.25, 0.3) is 0 Å². The molecule has 0 spiro atoms. The summed E-state index contributed by atoms with van der Waals surface area (Å²) in [5.41, 5.74) is -0.947. The zero-order valence-corrected chi connectivity index (χ0v) is 15.4. The summed E-state index contributed by atoms with van der Waals surface area (Å²) in [4.78, 5) is 22.5. The van der Waals surface area contributed by atoms with Gasteiger partial charge in [0.25, 0.3) is 0 Å². The van der Waals surface area contributed by atoms with Crippen LogP contribution in [0, 0.1) is 0 Å². The molecule has 1 saturated carbocycles. The monoisotopic (exact) mass is 369 g/mol. The number of nitrogens with zero attached hydrogens (tertiary/aromatic N) is 3. The van der Waals surface area contributed by atoms with Crippen LogP contribution in [-0.4, -0.2) is 54.4 Å². The molecule has 1 aliphatic carbocycles. The summed E-state index contributed by atoms with van der Waals surface area (Å²) >= 11 is 6.13. The molecule has 0 atom stereocenters. The Morgan fingerprint density at radius 1 is 1.36 bits per heavy atom. The molecule has 2 heterocycles. The van der Waals surface area contributed by atoms with Crippen LogP contribution in [0.5, 0.6) is 6.01 Å². The van der Waals surface area contributed by atoms with Crippen molar-refractivity contribution >= 4 is 23.4 Å². The molecular formula is C17H24ClN3O4. The van der Waals surface area contributed by atoms with Crippen LogP contribution in [0.3, 0.4) is 0 Å². The summed E-state index contributed by atoms with van der Waals surface area (Å²) in [6.07, 6.45) is 4.44. The van der Waals surface area contributed by atoms with E-state index in [1.54, 1.807) is 6.07 Å². The van der Waals surface area contributed by atoms with Gasteiger partial charge in [0.2, 0.25) is 5.60 Å². The number of hydrogen-bond donors (Lipinski definition) is 0. The maximum Gasteiger partial charge on any atom is 0.350 e. The summed E-state index contributed by atoms with van der Waals surface area (Å²) in [6.45, 7) is 4.59. The van der Waals surface area contributed by atoms with Crippen molar-refractivity contribution in [2.45, 2.75) is 50.7 Å². The Labute approximate surface area is 152 Å². The normalized spacial score (nSPS) is 19.6. The van der Waals surface area contributed by atoms with E-state index in [0.29, 0.717) is 29.9 Å². The smallest absolute Gasteiger partial charge is 0.350 e. The van der Waals surface area contributed by atoms with Crippen molar-refractivity contribution in [1.29, 1.82) is 0 Å². The Morgan fingerprint density at radius 2 is 2.08 bits per heavy atom. The maximum absolute atomic E-state index is 11.8. The first-order valence-electron chi connectivity index (χ1n) is 8.75. The van der Waals surface area contributed by atoms with Gasteiger partial charge in [-0.05, 0) is 19.3 Å². The molecule has 7 nitrogen and oxygen atoms in total. The van der Waals surface area contributed by atoms with Crippen LogP contribution in [0.2, 0.25) is 5.15 Å². The second-order valence-corrected chi connectivity index (χ2v) is 6.86. The molecule has 2 fully saturated rings. The molecule has 25 heavy (non-hydrogen) atoms. The van der Waals surface area contributed by atoms with Gasteiger partial charge in [-0.1, -0.05) is 18.5 Å². The second kappa shape index (κ2) is 7.74. The van der Waals surface area contributed by atoms with Gasteiger partial charge in [0.15, 0.2) is 0 Å². The maximum atomic E-state index is 11.8. The second-order valence-electron chi connectivity index (χ2n) is 6.48. The van der Waals surface area contributed by atoms with Crippen molar-refractivity contribution in [3.8, 4) is 6.01 Å². The van der Waals surface area contributed by atoms with E-state index < -0.39 is 11.6 Å². The van der Waals surface area contributed by atoms with Gasteiger partial charge in [-0.2, -0.15) is 9.97 Å². The Hall–Kier alpha value is -1.60. The molecule has 1 saturated heterocycles. The van der Waals surface area contributed by atoms with Crippen molar-refractivity contribution in [2.75, 3.05) is 31.7 Å². The topological polar surface area (TPSA) is 73.8 Å². The number of carbonyl (C=O) groups is 1. The Balaban J connectivity index is 1.65. The van der Waals surface area contributed by atoms with E-state index in [9.17, 15) is 4.79 Å². The minimum atomic E-state index is -0.947. The van der Waals surface area contributed by atoms with E-state index >= 15 is 0 Å². The number of esters is 1. The van der Waals surface area contributed by atoms with E-state index in [0.717, 1.165) is 39.0 Å². The molecule has 3 rings (SSSR count). The number of hydrogen-bond acceptors (Lipinski definition) is 7. The van der Waals surface area contributed by atoms with Crippen LogP contribution in [0.15, 0.2) is 6.07 Å². The average molecular weight is 370 g/mol. The number of rotatable bonds is 7. The molecule has 0 radical (unpaired) electrons. The predicted octanol–water partition coefficient (Wildman–Crippen LogP) is 2.61. The number of carbonyl (C=O) groups excluding carboxylic acids is 1. The fourth-order valence-electron chi connectivity index (χ4n) is 2.95. The Morgan fingerprint density at radius 3 is 2.68 bits per heavy atom. The van der Waals surface area contributed by atoms with Crippen LogP contribution in [0.1, 0.15) is 39.0 Å². The standard InChI is InChI=1S/C17H24ClN3O4/c1-3-10-24-12-4-8-21(9-5-12)14-11-13(18)19-16(20-14)25-17(6-7-17)15(22)23-2/h11-12H,3-10H2,1-2H3. The molecule has 8 heteroatoms. The number of aromatic nitrogens is 2. The van der Waals surface area contributed by atoms with Crippen LogP contribution < -0.4 is 9.64 Å². The SMILES string of the molecule is CCCOC1CCN(c2cc(Cl)nc(OC3(C(=O)OC)CC3)n2)CC1. The predicted molar refractivity (Wildman–Crippen MR) is 93.1 cm³/mol. The highest BCUT2D eigenvalue weighted by Crippen LogP contribution is 2.41. The lowest BCUT2D eigenvalue weighted by Gasteiger charge is -2.32. The first kappa shape index (κ1) is 18.2. The zero-order valence-electron chi connectivity index (χ0n) is 14.7. The summed E-state index contributed by atoms with van der Waals surface area (Å²) < 4.78 is 16.3. The van der Waals surface area contributed by atoms with Gasteiger partial charge in [0, 0.05) is 38.6 Å². The van der Waals surface area contributed by atoms with Gasteiger partial charge >= 0.3 is 12.0 Å². The quantitative estimate of drug-likeness (QED) is 0.540. The fourth-order valence-corrected chi connectivity index (χ4v) is 3.12.